The monoisotopic (exact) mass is 508 g/mol. The summed E-state index contributed by atoms with van der Waals surface area (Å²) in [4.78, 5) is 18.4. The number of H-pyrrole nitrogens is 1. The van der Waals surface area contributed by atoms with Gasteiger partial charge < -0.3 is 15.0 Å². The van der Waals surface area contributed by atoms with E-state index in [1.807, 2.05) is 44.2 Å². The van der Waals surface area contributed by atoms with Crippen LogP contribution in [-0.4, -0.2) is 66.6 Å². The minimum atomic E-state index is -3.53. The lowest BCUT2D eigenvalue weighted by atomic mass is 10.1. The number of ether oxygens (including phenoxy) is 1. The van der Waals surface area contributed by atoms with Crippen LogP contribution in [0.3, 0.4) is 0 Å². The molecule has 35 heavy (non-hydrogen) atoms. The maximum Gasteiger partial charge on any atom is 0.407 e. The molecule has 1 amide bonds. The van der Waals surface area contributed by atoms with E-state index in [9.17, 15) is 13.2 Å². The molecule has 0 unspecified atom stereocenters. The average Bonchev–Trinajstić information content (AvgIpc) is 3.31. The van der Waals surface area contributed by atoms with E-state index in [1.165, 1.54) is 0 Å². The van der Waals surface area contributed by atoms with E-state index in [1.54, 1.807) is 0 Å². The van der Waals surface area contributed by atoms with E-state index in [2.05, 4.69) is 44.0 Å². The molecule has 2 rings (SSSR count). The molecule has 196 valence electrons. The molecule has 1 aromatic heterocycles. The molecule has 0 radical (unpaired) electrons. The Morgan fingerprint density at radius 2 is 1.89 bits per heavy atom. The molecule has 11 heteroatoms. The number of carbonyl (C=O) groups excluding carboxylic acids is 1. The van der Waals surface area contributed by atoms with Crippen molar-refractivity contribution in [3.63, 3.8) is 0 Å². The van der Waals surface area contributed by atoms with Gasteiger partial charge in [-0.15, -0.1) is 0 Å². The molecule has 3 N–H and O–H groups in total. The number of benzene rings is 1. The molecule has 0 aliphatic carbocycles. The van der Waals surface area contributed by atoms with Gasteiger partial charge in [0.1, 0.15) is 5.82 Å². The van der Waals surface area contributed by atoms with Gasteiger partial charge in [-0.05, 0) is 50.4 Å². The standard InChI is InChI=1S/C24H40N6O4S/c1-5-30(6-2)15-10-16-35(32,33)29-21(14-13-20-11-8-7-9-12-20)23-26-22(27-28-23)17-25-24(31)34-18-19(3)4/h7-9,11-12,19,21,29H,5-6,10,13-18H2,1-4H3,(H,25,31)(H,26,27,28)/t21-/m1/s1. The molecule has 2 aromatic rings. The third kappa shape index (κ3) is 11.2. The van der Waals surface area contributed by atoms with Crippen LogP contribution in [0.5, 0.6) is 0 Å². The van der Waals surface area contributed by atoms with E-state index in [0.29, 0.717) is 37.5 Å². The summed E-state index contributed by atoms with van der Waals surface area (Å²) in [5.74, 6) is 1.05. The molecular weight excluding hydrogens is 468 g/mol. The fourth-order valence-corrected chi connectivity index (χ4v) is 4.78. The minimum Gasteiger partial charge on any atom is -0.449 e. The average molecular weight is 509 g/mol. The highest BCUT2D eigenvalue weighted by Crippen LogP contribution is 2.18. The van der Waals surface area contributed by atoms with Gasteiger partial charge in [-0.25, -0.2) is 22.9 Å². The summed E-state index contributed by atoms with van der Waals surface area (Å²) in [5.41, 5.74) is 1.10. The Hall–Kier alpha value is -2.50. The van der Waals surface area contributed by atoms with Gasteiger partial charge in [0.2, 0.25) is 10.0 Å². The minimum absolute atomic E-state index is 0.0373. The first-order valence-electron chi connectivity index (χ1n) is 12.3. The summed E-state index contributed by atoms with van der Waals surface area (Å²) in [6.45, 7) is 11.0. The Labute approximate surface area is 209 Å². The maximum absolute atomic E-state index is 12.9. The van der Waals surface area contributed by atoms with E-state index in [4.69, 9.17) is 4.74 Å². The molecule has 1 atom stereocenters. The molecule has 0 spiro atoms. The summed E-state index contributed by atoms with van der Waals surface area (Å²) in [5, 5.41) is 9.60. The number of carbonyl (C=O) groups is 1. The van der Waals surface area contributed by atoms with Crippen LogP contribution in [0.15, 0.2) is 30.3 Å². The van der Waals surface area contributed by atoms with Gasteiger partial charge in [-0.3, -0.25) is 5.10 Å². The highest BCUT2D eigenvalue weighted by molar-refractivity contribution is 7.89. The molecule has 1 aromatic carbocycles. The second-order valence-corrected chi connectivity index (χ2v) is 10.8. The van der Waals surface area contributed by atoms with Crippen molar-refractivity contribution in [2.75, 3.05) is 32.0 Å². The number of hydrogen-bond donors (Lipinski definition) is 3. The van der Waals surface area contributed by atoms with Gasteiger partial charge in [-0.2, -0.15) is 5.10 Å². The zero-order chi connectivity index (χ0) is 25.7. The molecule has 0 saturated carbocycles. The smallest absolute Gasteiger partial charge is 0.407 e. The van der Waals surface area contributed by atoms with Crippen molar-refractivity contribution < 1.29 is 17.9 Å². The van der Waals surface area contributed by atoms with Crippen LogP contribution in [0.25, 0.3) is 0 Å². The third-order valence-electron chi connectivity index (χ3n) is 5.49. The third-order valence-corrected chi connectivity index (χ3v) is 6.96. The zero-order valence-electron chi connectivity index (χ0n) is 21.3. The highest BCUT2D eigenvalue weighted by atomic mass is 32.2. The largest absolute Gasteiger partial charge is 0.449 e. The van der Waals surface area contributed by atoms with Crippen molar-refractivity contribution in [1.29, 1.82) is 0 Å². The van der Waals surface area contributed by atoms with Gasteiger partial charge >= 0.3 is 6.09 Å². The lowest BCUT2D eigenvalue weighted by molar-refractivity contribution is 0.132. The fourth-order valence-electron chi connectivity index (χ4n) is 3.49. The van der Waals surface area contributed by atoms with Crippen molar-refractivity contribution in [1.82, 2.24) is 30.1 Å². The van der Waals surface area contributed by atoms with E-state index >= 15 is 0 Å². The number of aromatic amines is 1. The lowest BCUT2D eigenvalue weighted by Gasteiger charge is -2.19. The Bertz CT molecular complexity index is 977. The van der Waals surface area contributed by atoms with Crippen LogP contribution in [-0.2, 0) is 27.7 Å². The maximum atomic E-state index is 12.9. The first-order valence-corrected chi connectivity index (χ1v) is 14.0. The number of aromatic nitrogens is 3. The van der Waals surface area contributed by atoms with Crippen LogP contribution in [0, 0.1) is 5.92 Å². The Morgan fingerprint density at radius 3 is 2.54 bits per heavy atom. The predicted octanol–water partition coefficient (Wildman–Crippen LogP) is 3.01. The van der Waals surface area contributed by atoms with Crippen molar-refractivity contribution in [2.45, 2.75) is 59.5 Å². The number of hydrogen-bond acceptors (Lipinski definition) is 7. The number of nitrogens with one attached hydrogen (secondary N) is 3. The van der Waals surface area contributed by atoms with Gasteiger partial charge in [0.25, 0.3) is 0 Å². The second-order valence-electron chi connectivity index (χ2n) is 8.88. The summed E-state index contributed by atoms with van der Waals surface area (Å²) in [6.07, 6.45) is 1.19. The van der Waals surface area contributed by atoms with Gasteiger partial charge in [0.05, 0.1) is 24.9 Å². The van der Waals surface area contributed by atoms with Crippen LogP contribution >= 0.6 is 0 Å². The van der Waals surface area contributed by atoms with Crippen LogP contribution in [0.1, 0.15) is 63.8 Å². The first kappa shape index (κ1) is 28.7. The van der Waals surface area contributed by atoms with Crippen LogP contribution in [0.2, 0.25) is 0 Å². The number of nitrogens with zero attached hydrogens (tertiary/aromatic N) is 3. The van der Waals surface area contributed by atoms with Gasteiger partial charge in [-0.1, -0.05) is 58.0 Å². The highest BCUT2D eigenvalue weighted by Gasteiger charge is 2.23. The van der Waals surface area contributed by atoms with Crippen molar-refractivity contribution >= 4 is 16.1 Å². The number of sulfonamides is 1. The Balaban J connectivity index is 2.03. The Kier molecular flexibility index (Phi) is 12.1. The lowest BCUT2D eigenvalue weighted by Crippen LogP contribution is -2.33. The molecule has 0 saturated heterocycles. The fraction of sp³-hybridized carbons (Fsp3) is 0.625. The number of amides is 1. The molecular formula is C24H40N6O4S. The number of aryl methyl sites for hydroxylation is 1. The van der Waals surface area contributed by atoms with E-state index in [-0.39, 0.29) is 18.2 Å². The predicted molar refractivity (Wildman–Crippen MR) is 136 cm³/mol. The number of rotatable bonds is 16. The summed E-state index contributed by atoms with van der Waals surface area (Å²) in [6, 6.07) is 9.31. The second kappa shape index (κ2) is 14.8. The van der Waals surface area contributed by atoms with Crippen molar-refractivity contribution in [3.8, 4) is 0 Å². The topological polar surface area (TPSA) is 129 Å². The summed E-state index contributed by atoms with van der Waals surface area (Å²) < 4.78 is 33.6. The number of alkyl carbamates (subject to hydrolysis) is 1. The summed E-state index contributed by atoms with van der Waals surface area (Å²) >= 11 is 0. The van der Waals surface area contributed by atoms with E-state index in [0.717, 1.165) is 25.2 Å². The summed E-state index contributed by atoms with van der Waals surface area (Å²) in [7, 11) is -3.53. The quantitative estimate of drug-likeness (QED) is 0.318. The van der Waals surface area contributed by atoms with Crippen LogP contribution in [0.4, 0.5) is 4.79 Å². The molecule has 0 aliphatic heterocycles. The van der Waals surface area contributed by atoms with Crippen molar-refractivity contribution in [2.24, 2.45) is 5.92 Å². The van der Waals surface area contributed by atoms with Crippen LogP contribution < -0.4 is 10.0 Å². The first-order chi connectivity index (χ1) is 16.7. The van der Waals surface area contributed by atoms with E-state index < -0.39 is 22.2 Å². The SMILES string of the molecule is CCN(CC)CCCS(=O)(=O)N[C@H](CCc1ccccc1)c1nc(CNC(=O)OCC(C)C)n[nH]1. The molecule has 10 nitrogen and oxygen atoms in total. The normalized spacial score (nSPS) is 12.7. The molecule has 1 heterocycles. The molecule has 0 fully saturated rings. The van der Waals surface area contributed by atoms with Gasteiger partial charge in [0.15, 0.2) is 5.82 Å². The molecule has 0 bridgehead atoms. The zero-order valence-corrected chi connectivity index (χ0v) is 22.1. The molecule has 0 aliphatic rings. The van der Waals surface area contributed by atoms with Crippen molar-refractivity contribution in [3.05, 3.63) is 47.5 Å². The van der Waals surface area contributed by atoms with Gasteiger partial charge in [0, 0.05) is 0 Å². The Morgan fingerprint density at radius 1 is 1.17 bits per heavy atom.